The van der Waals surface area contributed by atoms with Gasteiger partial charge in [0.25, 0.3) is 0 Å². The zero-order valence-corrected chi connectivity index (χ0v) is 22.3. The van der Waals surface area contributed by atoms with Gasteiger partial charge in [0, 0.05) is 17.1 Å². The molecule has 1 atom stereocenters. The summed E-state index contributed by atoms with van der Waals surface area (Å²) in [5.41, 5.74) is 3.12. The second kappa shape index (κ2) is 11.2. The smallest absolute Gasteiger partial charge is 0.244 e. The highest BCUT2D eigenvalue weighted by molar-refractivity contribution is 9.10. The Morgan fingerprint density at radius 3 is 2.27 bits per heavy atom. The summed E-state index contributed by atoms with van der Waals surface area (Å²) >= 11 is 3.41. The van der Waals surface area contributed by atoms with Crippen molar-refractivity contribution in [3.8, 4) is 0 Å². The van der Waals surface area contributed by atoms with Gasteiger partial charge < -0.3 is 10.2 Å². The molecule has 0 bridgehead atoms. The van der Waals surface area contributed by atoms with Crippen LogP contribution in [0, 0.1) is 13.8 Å². The predicted octanol–water partition coefficient (Wildman–Crippen LogP) is 3.77. The molecule has 0 fully saturated rings. The number of halogens is 1. The molecule has 0 aliphatic carbocycles. The molecule has 0 aliphatic heterocycles. The molecule has 0 saturated carbocycles. The first kappa shape index (κ1) is 26.9. The highest BCUT2D eigenvalue weighted by Crippen LogP contribution is 2.25. The van der Waals surface area contributed by atoms with Crippen molar-refractivity contribution in [2.75, 3.05) is 17.1 Å². The quantitative estimate of drug-likeness (QED) is 0.527. The normalized spacial score (nSPS) is 12.4. The third-order valence-corrected chi connectivity index (χ3v) is 7.17. The van der Waals surface area contributed by atoms with Gasteiger partial charge in [-0.3, -0.25) is 13.9 Å². The molecule has 2 amide bonds. The van der Waals surface area contributed by atoms with E-state index < -0.39 is 28.5 Å². The molecule has 2 aromatic carbocycles. The van der Waals surface area contributed by atoms with Crippen LogP contribution in [0.4, 0.5) is 5.69 Å². The van der Waals surface area contributed by atoms with E-state index in [0.29, 0.717) is 5.69 Å². The van der Waals surface area contributed by atoms with Crippen LogP contribution in [-0.4, -0.2) is 50.0 Å². The summed E-state index contributed by atoms with van der Waals surface area (Å²) in [5.74, 6) is -0.759. The Morgan fingerprint density at radius 1 is 1.06 bits per heavy atom. The summed E-state index contributed by atoms with van der Waals surface area (Å²) < 4.78 is 27.1. The third-order valence-electron chi connectivity index (χ3n) is 5.14. The number of amides is 2. The number of anilines is 1. The number of nitrogens with one attached hydrogen (secondary N) is 1. The molecular weight excluding hydrogens is 506 g/mol. The molecule has 0 radical (unpaired) electrons. The number of nitrogens with zero attached hydrogens (tertiary/aromatic N) is 2. The molecule has 9 heteroatoms. The Labute approximate surface area is 205 Å². The standard InChI is InChI=1S/C24H32BrN3O4S/c1-16(2)26-24(30)19(5)27(14-20-9-7-8-17(3)12-20)23(29)15-28(33(6,31)32)21-10-11-22(25)18(4)13-21/h7-13,16,19H,14-15H2,1-6H3,(H,26,30). The van der Waals surface area contributed by atoms with E-state index in [0.717, 1.165) is 31.7 Å². The maximum atomic E-state index is 13.5. The van der Waals surface area contributed by atoms with E-state index in [4.69, 9.17) is 0 Å². The molecule has 0 aliphatic rings. The van der Waals surface area contributed by atoms with Crippen molar-refractivity contribution in [1.29, 1.82) is 0 Å². The fourth-order valence-electron chi connectivity index (χ4n) is 3.39. The van der Waals surface area contributed by atoms with E-state index in [1.165, 1.54) is 4.90 Å². The lowest BCUT2D eigenvalue weighted by Crippen LogP contribution is -2.52. The Kier molecular flexibility index (Phi) is 9.08. The molecule has 7 nitrogen and oxygen atoms in total. The average Bonchev–Trinajstić information content (AvgIpc) is 2.70. The fourth-order valence-corrected chi connectivity index (χ4v) is 4.48. The van der Waals surface area contributed by atoms with Crippen LogP contribution in [0.25, 0.3) is 0 Å². The van der Waals surface area contributed by atoms with Gasteiger partial charge >= 0.3 is 0 Å². The van der Waals surface area contributed by atoms with Crippen molar-refractivity contribution in [3.63, 3.8) is 0 Å². The lowest BCUT2D eigenvalue weighted by atomic mass is 10.1. The number of hydrogen-bond acceptors (Lipinski definition) is 4. The van der Waals surface area contributed by atoms with E-state index in [1.807, 2.05) is 52.0 Å². The molecule has 0 spiro atoms. The predicted molar refractivity (Wildman–Crippen MR) is 136 cm³/mol. The summed E-state index contributed by atoms with van der Waals surface area (Å²) in [6, 6.07) is 11.9. The molecule has 180 valence electrons. The summed E-state index contributed by atoms with van der Waals surface area (Å²) in [5, 5.41) is 2.83. The minimum Gasteiger partial charge on any atom is -0.352 e. The molecule has 2 aromatic rings. The molecular formula is C24H32BrN3O4S. The summed E-state index contributed by atoms with van der Waals surface area (Å²) in [7, 11) is -3.75. The summed E-state index contributed by atoms with van der Waals surface area (Å²) in [6.45, 7) is 8.91. The maximum Gasteiger partial charge on any atom is 0.244 e. The minimum atomic E-state index is -3.75. The van der Waals surface area contributed by atoms with E-state index in [1.54, 1.807) is 25.1 Å². The van der Waals surface area contributed by atoms with E-state index in [9.17, 15) is 18.0 Å². The van der Waals surface area contributed by atoms with Gasteiger partial charge in [-0.05, 0) is 63.9 Å². The van der Waals surface area contributed by atoms with Gasteiger partial charge in [-0.1, -0.05) is 45.8 Å². The van der Waals surface area contributed by atoms with Crippen LogP contribution < -0.4 is 9.62 Å². The lowest BCUT2D eigenvalue weighted by Gasteiger charge is -2.32. The van der Waals surface area contributed by atoms with Gasteiger partial charge in [0.15, 0.2) is 0 Å². The van der Waals surface area contributed by atoms with Gasteiger partial charge in [-0.15, -0.1) is 0 Å². The molecule has 1 unspecified atom stereocenters. The van der Waals surface area contributed by atoms with Crippen LogP contribution >= 0.6 is 15.9 Å². The fraction of sp³-hybridized carbons (Fsp3) is 0.417. The third kappa shape index (κ3) is 7.57. The van der Waals surface area contributed by atoms with Crippen LogP contribution in [-0.2, 0) is 26.2 Å². The van der Waals surface area contributed by atoms with Gasteiger partial charge in [-0.2, -0.15) is 0 Å². The summed E-state index contributed by atoms with van der Waals surface area (Å²) in [6.07, 6.45) is 1.07. The van der Waals surface area contributed by atoms with Crippen LogP contribution in [0.2, 0.25) is 0 Å². The van der Waals surface area contributed by atoms with Gasteiger partial charge in [-0.25, -0.2) is 8.42 Å². The van der Waals surface area contributed by atoms with Crippen LogP contribution in [0.5, 0.6) is 0 Å². The Hall–Kier alpha value is -2.39. The highest BCUT2D eigenvalue weighted by Gasteiger charge is 2.30. The topological polar surface area (TPSA) is 86.8 Å². The number of carbonyl (C=O) groups excluding carboxylic acids is 2. The number of carbonyl (C=O) groups is 2. The van der Waals surface area contributed by atoms with Gasteiger partial charge in [0.1, 0.15) is 12.6 Å². The lowest BCUT2D eigenvalue weighted by molar-refractivity contribution is -0.139. The van der Waals surface area contributed by atoms with Crippen molar-refractivity contribution >= 4 is 43.5 Å². The zero-order valence-electron chi connectivity index (χ0n) is 19.9. The summed E-state index contributed by atoms with van der Waals surface area (Å²) in [4.78, 5) is 27.7. The number of rotatable bonds is 9. The van der Waals surface area contributed by atoms with E-state index in [-0.39, 0.29) is 18.5 Å². The molecule has 1 N–H and O–H groups in total. The van der Waals surface area contributed by atoms with E-state index >= 15 is 0 Å². The van der Waals surface area contributed by atoms with Crippen LogP contribution in [0.3, 0.4) is 0 Å². The van der Waals surface area contributed by atoms with Crippen molar-refractivity contribution in [3.05, 3.63) is 63.6 Å². The van der Waals surface area contributed by atoms with Crippen molar-refractivity contribution in [2.24, 2.45) is 0 Å². The van der Waals surface area contributed by atoms with Crippen molar-refractivity contribution in [1.82, 2.24) is 10.2 Å². The molecule has 0 aromatic heterocycles. The van der Waals surface area contributed by atoms with Crippen molar-refractivity contribution < 1.29 is 18.0 Å². The first-order valence-corrected chi connectivity index (χ1v) is 13.3. The molecule has 0 saturated heterocycles. The maximum absolute atomic E-state index is 13.5. The van der Waals surface area contributed by atoms with Gasteiger partial charge in [0.2, 0.25) is 21.8 Å². The second-order valence-electron chi connectivity index (χ2n) is 8.55. The number of hydrogen-bond donors (Lipinski definition) is 1. The van der Waals surface area contributed by atoms with Gasteiger partial charge in [0.05, 0.1) is 11.9 Å². The molecule has 0 heterocycles. The minimum absolute atomic E-state index is 0.0888. The highest BCUT2D eigenvalue weighted by atomic mass is 79.9. The largest absolute Gasteiger partial charge is 0.352 e. The SMILES string of the molecule is Cc1cccc(CN(C(=O)CN(c2ccc(Br)c(C)c2)S(C)(=O)=O)C(C)C(=O)NC(C)C)c1. The van der Waals surface area contributed by atoms with Crippen molar-refractivity contribution in [2.45, 2.75) is 53.2 Å². The van der Waals surface area contributed by atoms with Crippen LogP contribution in [0.1, 0.15) is 37.5 Å². The average molecular weight is 539 g/mol. The van der Waals surface area contributed by atoms with E-state index in [2.05, 4.69) is 21.2 Å². The Balaban J connectivity index is 2.41. The number of sulfonamides is 1. The Morgan fingerprint density at radius 2 is 1.73 bits per heavy atom. The second-order valence-corrected chi connectivity index (χ2v) is 11.3. The van der Waals surface area contributed by atoms with Crippen LogP contribution in [0.15, 0.2) is 46.9 Å². The Bertz CT molecular complexity index is 1120. The zero-order chi connectivity index (χ0) is 24.9. The molecule has 33 heavy (non-hydrogen) atoms. The first-order valence-electron chi connectivity index (χ1n) is 10.7. The number of benzene rings is 2. The number of aryl methyl sites for hydroxylation is 2. The molecule has 2 rings (SSSR count). The monoisotopic (exact) mass is 537 g/mol. The first-order chi connectivity index (χ1) is 15.3.